The van der Waals surface area contributed by atoms with Crippen LogP contribution >= 0.6 is 11.6 Å². The second kappa shape index (κ2) is 6.77. The highest BCUT2D eigenvalue weighted by Crippen LogP contribution is 2.23. The molecule has 0 amide bonds. The van der Waals surface area contributed by atoms with Gasteiger partial charge in [-0.3, -0.25) is 9.17 Å². The van der Waals surface area contributed by atoms with E-state index in [0.717, 1.165) is 11.3 Å². The smallest absolute Gasteiger partial charge is 0.261 e. The molecule has 1 aromatic heterocycles. The third kappa shape index (κ3) is 4.06. The van der Waals surface area contributed by atoms with E-state index in [9.17, 15) is 8.42 Å². The lowest BCUT2D eigenvalue weighted by Crippen LogP contribution is -2.09. The van der Waals surface area contributed by atoms with Crippen LogP contribution in [0.15, 0.2) is 41.4 Å². The lowest BCUT2D eigenvalue weighted by Gasteiger charge is -2.12. The summed E-state index contributed by atoms with van der Waals surface area (Å²) in [6.07, 6.45) is 1.55. The topological polar surface area (TPSA) is 56.3 Å². The van der Waals surface area contributed by atoms with E-state index >= 15 is 0 Å². The Morgan fingerprint density at radius 3 is 2.45 bits per heavy atom. The summed E-state index contributed by atoms with van der Waals surface area (Å²) >= 11 is 5.94. The van der Waals surface area contributed by atoms with Gasteiger partial charge in [-0.25, -0.2) is 0 Å². The molecule has 0 aliphatic heterocycles. The normalized spacial score (nSPS) is 11.9. The van der Waals surface area contributed by atoms with E-state index in [1.165, 1.54) is 12.1 Å². The predicted octanol–water partition coefficient (Wildman–Crippen LogP) is 4.07. The highest BCUT2D eigenvalue weighted by molar-refractivity contribution is 7.86. The summed E-state index contributed by atoms with van der Waals surface area (Å²) in [4.78, 5) is 4.39. The van der Waals surface area contributed by atoms with Crippen molar-refractivity contribution >= 4 is 21.7 Å². The zero-order chi connectivity index (χ0) is 16.3. The molecule has 0 aliphatic carbocycles. The van der Waals surface area contributed by atoms with Crippen LogP contribution in [0.4, 0.5) is 0 Å². The molecule has 0 aliphatic rings. The number of hydrogen-bond acceptors (Lipinski definition) is 4. The Morgan fingerprint density at radius 2 is 1.86 bits per heavy atom. The Labute approximate surface area is 136 Å². The molecule has 0 saturated heterocycles. The van der Waals surface area contributed by atoms with E-state index in [-0.39, 0.29) is 17.4 Å². The van der Waals surface area contributed by atoms with Gasteiger partial charge in [-0.1, -0.05) is 43.1 Å². The Bertz CT molecular complexity index is 755. The summed E-state index contributed by atoms with van der Waals surface area (Å²) in [5.41, 5.74) is 2.45. The van der Waals surface area contributed by atoms with Crippen molar-refractivity contribution in [3.8, 4) is 0 Å². The maximum absolute atomic E-state index is 12.2. The standard InChI is InChI=1S/C16H18ClNO3S/c1-11(2)16-13(8-14(17)9-18-16)10-21-22(19,20)15-6-4-12(3)5-7-15/h4-9,11H,10H2,1-3H3. The fraction of sp³-hybridized carbons (Fsp3) is 0.312. The minimum atomic E-state index is -3.80. The van der Waals surface area contributed by atoms with E-state index < -0.39 is 10.1 Å². The second-order valence-electron chi connectivity index (χ2n) is 5.38. The fourth-order valence-corrected chi connectivity index (χ4v) is 3.11. The second-order valence-corrected chi connectivity index (χ2v) is 7.43. The van der Waals surface area contributed by atoms with E-state index in [1.807, 2.05) is 20.8 Å². The maximum Gasteiger partial charge on any atom is 0.297 e. The van der Waals surface area contributed by atoms with Gasteiger partial charge >= 0.3 is 0 Å². The lowest BCUT2D eigenvalue weighted by molar-refractivity contribution is 0.305. The van der Waals surface area contributed by atoms with E-state index in [4.69, 9.17) is 15.8 Å². The molecule has 0 atom stereocenters. The summed E-state index contributed by atoms with van der Waals surface area (Å²) < 4.78 is 29.6. The average molecular weight is 340 g/mol. The third-order valence-corrected chi connectivity index (χ3v) is 4.68. The van der Waals surface area contributed by atoms with Gasteiger partial charge in [-0.15, -0.1) is 0 Å². The van der Waals surface area contributed by atoms with Gasteiger partial charge in [0.05, 0.1) is 16.5 Å². The van der Waals surface area contributed by atoms with Gasteiger partial charge in [0.25, 0.3) is 10.1 Å². The lowest BCUT2D eigenvalue weighted by atomic mass is 10.0. The number of rotatable bonds is 5. The van der Waals surface area contributed by atoms with E-state index in [1.54, 1.807) is 24.4 Å². The zero-order valence-electron chi connectivity index (χ0n) is 12.7. The first-order chi connectivity index (χ1) is 10.3. The van der Waals surface area contributed by atoms with Crippen LogP contribution in [0.25, 0.3) is 0 Å². The Kier molecular flexibility index (Phi) is 5.21. The Morgan fingerprint density at radius 1 is 1.23 bits per heavy atom. The van der Waals surface area contributed by atoms with Crippen LogP contribution in [-0.2, 0) is 20.9 Å². The third-order valence-electron chi connectivity index (χ3n) is 3.19. The number of aromatic nitrogens is 1. The SMILES string of the molecule is Cc1ccc(S(=O)(=O)OCc2cc(Cl)cnc2C(C)C)cc1. The first-order valence-corrected chi connectivity index (χ1v) is 8.68. The van der Waals surface area contributed by atoms with Crippen LogP contribution in [-0.4, -0.2) is 13.4 Å². The minimum absolute atomic E-state index is 0.0860. The summed E-state index contributed by atoms with van der Waals surface area (Å²) in [6.45, 7) is 5.77. The monoisotopic (exact) mass is 339 g/mol. The van der Waals surface area contributed by atoms with Crippen LogP contribution in [0.5, 0.6) is 0 Å². The largest absolute Gasteiger partial charge is 0.297 e. The molecule has 0 fully saturated rings. The molecular weight excluding hydrogens is 322 g/mol. The molecule has 2 aromatic rings. The highest BCUT2D eigenvalue weighted by atomic mass is 35.5. The highest BCUT2D eigenvalue weighted by Gasteiger charge is 2.17. The quantitative estimate of drug-likeness (QED) is 0.770. The van der Waals surface area contributed by atoms with Crippen molar-refractivity contribution in [2.75, 3.05) is 0 Å². The molecule has 0 N–H and O–H groups in total. The van der Waals surface area contributed by atoms with E-state index in [0.29, 0.717) is 10.6 Å². The molecule has 0 unspecified atom stereocenters. The number of benzene rings is 1. The van der Waals surface area contributed by atoms with Crippen LogP contribution in [0.2, 0.25) is 5.02 Å². The van der Waals surface area contributed by atoms with Crippen molar-refractivity contribution in [1.82, 2.24) is 4.98 Å². The molecule has 22 heavy (non-hydrogen) atoms. The number of hydrogen-bond donors (Lipinski definition) is 0. The van der Waals surface area contributed by atoms with Gasteiger partial charge < -0.3 is 0 Å². The summed E-state index contributed by atoms with van der Waals surface area (Å²) in [6, 6.07) is 8.22. The fourth-order valence-electron chi connectivity index (χ4n) is 2.04. The summed E-state index contributed by atoms with van der Waals surface area (Å²) in [5, 5.41) is 0.454. The van der Waals surface area contributed by atoms with Crippen molar-refractivity contribution in [1.29, 1.82) is 0 Å². The summed E-state index contributed by atoms with van der Waals surface area (Å²) in [7, 11) is -3.80. The number of aryl methyl sites for hydroxylation is 1. The Balaban J connectivity index is 2.22. The molecule has 2 rings (SSSR count). The van der Waals surface area contributed by atoms with Crippen molar-refractivity contribution in [3.63, 3.8) is 0 Å². The van der Waals surface area contributed by atoms with Crippen LogP contribution in [0.1, 0.15) is 36.6 Å². The molecule has 0 spiro atoms. The molecule has 1 aromatic carbocycles. The van der Waals surface area contributed by atoms with Gasteiger partial charge in [-0.2, -0.15) is 8.42 Å². The van der Waals surface area contributed by atoms with Crippen LogP contribution < -0.4 is 0 Å². The number of halogens is 1. The van der Waals surface area contributed by atoms with Crippen LogP contribution in [0.3, 0.4) is 0 Å². The molecule has 6 heteroatoms. The zero-order valence-corrected chi connectivity index (χ0v) is 14.3. The molecule has 1 heterocycles. The maximum atomic E-state index is 12.2. The van der Waals surface area contributed by atoms with Gasteiger partial charge in [0.1, 0.15) is 0 Å². The molecular formula is C16H18ClNO3S. The minimum Gasteiger partial charge on any atom is -0.261 e. The van der Waals surface area contributed by atoms with Gasteiger partial charge in [0, 0.05) is 17.5 Å². The van der Waals surface area contributed by atoms with Crippen molar-refractivity contribution < 1.29 is 12.6 Å². The first kappa shape index (κ1) is 16.9. The molecule has 0 saturated carbocycles. The predicted molar refractivity (Wildman–Crippen MR) is 86.5 cm³/mol. The van der Waals surface area contributed by atoms with Crippen molar-refractivity contribution in [2.24, 2.45) is 0 Å². The summed E-state index contributed by atoms with van der Waals surface area (Å²) in [5.74, 6) is 0.151. The first-order valence-electron chi connectivity index (χ1n) is 6.90. The molecule has 4 nitrogen and oxygen atoms in total. The average Bonchev–Trinajstić information content (AvgIpc) is 2.45. The Hall–Kier alpha value is -1.43. The van der Waals surface area contributed by atoms with Crippen LogP contribution in [0, 0.1) is 6.92 Å². The van der Waals surface area contributed by atoms with Gasteiger partial charge in [0.2, 0.25) is 0 Å². The molecule has 0 bridgehead atoms. The number of pyridine rings is 1. The number of nitrogens with zero attached hydrogens (tertiary/aromatic N) is 1. The van der Waals surface area contributed by atoms with Crippen molar-refractivity contribution in [3.05, 3.63) is 58.4 Å². The van der Waals surface area contributed by atoms with Crippen molar-refractivity contribution in [2.45, 2.75) is 38.2 Å². The van der Waals surface area contributed by atoms with Gasteiger partial charge in [-0.05, 0) is 31.0 Å². The molecule has 118 valence electrons. The van der Waals surface area contributed by atoms with E-state index in [2.05, 4.69) is 4.98 Å². The molecule has 0 radical (unpaired) electrons. The van der Waals surface area contributed by atoms with Gasteiger partial charge in [0.15, 0.2) is 0 Å².